The van der Waals surface area contributed by atoms with Gasteiger partial charge in [-0.25, -0.2) is 4.68 Å². The molecule has 6 nitrogen and oxygen atoms in total. The van der Waals surface area contributed by atoms with Crippen molar-refractivity contribution in [2.45, 2.75) is 33.2 Å². The van der Waals surface area contributed by atoms with Crippen molar-refractivity contribution in [3.05, 3.63) is 23.8 Å². The van der Waals surface area contributed by atoms with Crippen molar-refractivity contribution in [1.82, 2.24) is 30.1 Å². The van der Waals surface area contributed by atoms with E-state index < -0.39 is 0 Å². The van der Waals surface area contributed by atoms with E-state index in [1.54, 1.807) is 6.20 Å². The fraction of sp³-hybridized carbons (Fsp3) is 0.583. The van der Waals surface area contributed by atoms with E-state index in [0.717, 1.165) is 43.0 Å². The van der Waals surface area contributed by atoms with Gasteiger partial charge in [-0.2, -0.15) is 5.10 Å². The van der Waals surface area contributed by atoms with Crippen molar-refractivity contribution < 1.29 is 0 Å². The van der Waals surface area contributed by atoms with Gasteiger partial charge in [0.05, 0.1) is 23.8 Å². The van der Waals surface area contributed by atoms with Crippen LogP contribution in [0, 0.1) is 0 Å². The molecule has 0 spiro atoms. The highest BCUT2D eigenvalue weighted by atomic mass is 15.4. The molecule has 0 aliphatic carbocycles. The number of nitrogens with zero attached hydrogens (tertiary/aromatic N) is 5. The SMILES string of the molecule is CCCNCc1cnnn1-c1cn(C)nc1CC. The second kappa shape index (κ2) is 5.77. The quantitative estimate of drug-likeness (QED) is 0.777. The second-order valence-corrected chi connectivity index (χ2v) is 4.30. The van der Waals surface area contributed by atoms with Crippen LogP contribution in [0.2, 0.25) is 0 Å². The topological polar surface area (TPSA) is 60.6 Å². The number of aryl methyl sites for hydroxylation is 2. The molecule has 1 N–H and O–H groups in total. The first-order valence-corrected chi connectivity index (χ1v) is 6.39. The molecule has 0 radical (unpaired) electrons. The van der Waals surface area contributed by atoms with Gasteiger partial charge in [0, 0.05) is 13.6 Å². The Morgan fingerprint density at radius 2 is 2.17 bits per heavy atom. The Hall–Kier alpha value is -1.69. The van der Waals surface area contributed by atoms with E-state index in [0.29, 0.717) is 0 Å². The average Bonchev–Trinajstić information content (AvgIpc) is 2.95. The van der Waals surface area contributed by atoms with Gasteiger partial charge in [-0.15, -0.1) is 5.10 Å². The molecule has 0 aliphatic rings. The standard InChI is InChI=1S/C12H20N6/c1-4-6-13-7-10-8-14-16-18(10)12-9-17(3)15-11(12)5-2/h8-9,13H,4-7H2,1-3H3. The summed E-state index contributed by atoms with van der Waals surface area (Å²) in [5.41, 5.74) is 3.12. The predicted molar refractivity (Wildman–Crippen MR) is 69.5 cm³/mol. The van der Waals surface area contributed by atoms with E-state index in [4.69, 9.17) is 0 Å². The van der Waals surface area contributed by atoms with Crippen molar-refractivity contribution in [3.63, 3.8) is 0 Å². The van der Waals surface area contributed by atoms with Crippen LogP contribution < -0.4 is 5.32 Å². The molecule has 0 saturated carbocycles. The van der Waals surface area contributed by atoms with Crippen molar-refractivity contribution >= 4 is 0 Å². The molecule has 2 aromatic rings. The average molecular weight is 248 g/mol. The van der Waals surface area contributed by atoms with Crippen molar-refractivity contribution in [2.24, 2.45) is 7.05 Å². The van der Waals surface area contributed by atoms with Gasteiger partial charge in [0.1, 0.15) is 5.69 Å². The summed E-state index contributed by atoms with van der Waals surface area (Å²) in [5, 5.41) is 16.0. The Labute approximate surface area is 107 Å². The lowest BCUT2D eigenvalue weighted by molar-refractivity contribution is 0.640. The normalized spacial score (nSPS) is 11.1. The first-order chi connectivity index (χ1) is 8.76. The maximum Gasteiger partial charge on any atom is 0.108 e. The van der Waals surface area contributed by atoms with Crippen LogP contribution in [0.1, 0.15) is 31.7 Å². The summed E-state index contributed by atoms with van der Waals surface area (Å²) in [6.07, 6.45) is 5.79. The minimum absolute atomic E-state index is 0.777. The Morgan fingerprint density at radius 1 is 1.33 bits per heavy atom. The number of rotatable bonds is 6. The fourth-order valence-electron chi connectivity index (χ4n) is 1.92. The van der Waals surface area contributed by atoms with Gasteiger partial charge in [-0.1, -0.05) is 19.1 Å². The molecule has 98 valence electrons. The molecule has 0 aliphatic heterocycles. The lowest BCUT2D eigenvalue weighted by Crippen LogP contribution is -2.17. The van der Waals surface area contributed by atoms with Crippen molar-refractivity contribution in [1.29, 1.82) is 0 Å². The highest BCUT2D eigenvalue weighted by molar-refractivity contribution is 5.34. The molecule has 0 saturated heterocycles. The molecule has 2 aromatic heterocycles. The van der Waals surface area contributed by atoms with Gasteiger partial charge < -0.3 is 5.32 Å². The van der Waals surface area contributed by atoms with Crippen molar-refractivity contribution in [3.8, 4) is 5.69 Å². The zero-order valence-corrected chi connectivity index (χ0v) is 11.2. The molecule has 0 atom stereocenters. The van der Waals surface area contributed by atoms with E-state index >= 15 is 0 Å². The van der Waals surface area contributed by atoms with Gasteiger partial charge in [-0.05, 0) is 19.4 Å². The molecule has 0 fully saturated rings. The van der Waals surface area contributed by atoms with E-state index in [9.17, 15) is 0 Å². The third-order valence-electron chi connectivity index (χ3n) is 2.80. The lowest BCUT2D eigenvalue weighted by Gasteiger charge is -2.06. The summed E-state index contributed by atoms with van der Waals surface area (Å²) in [4.78, 5) is 0. The molecule has 0 amide bonds. The molecule has 0 unspecified atom stereocenters. The Bertz CT molecular complexity index is 498. The van der Waals surface area contributed by atoms with E-state index in [1.165, 1.54) is 0 Å². The number of nitrogens with one attached hydrogen (secondary N) is 1. The zero-order valence-electron chi connectivity index (χ0n) is 11.2. The van der Waals surface area contributed by atoms with Crippen LogP contribution in [0.5, 0.6) is 0 Å². The van der Waals surface area contributed by atoms with Gasteiger partial charge in [-0.3, -0.25) is 4.68 Å². The van der Waals surface area contributed by atoms with Crippen LogP contribution in [0.3, 0.4) is 0 Å². The van der Waals surface area contributed by atoms with Gasteiger partial charge >= 0.3 is 0 Å². The molecule has 0 bridgehead atoms. The molecular weight excluding hydrogens is 228 g/mol. The zero-order chi connectivity index (χ0) is 13.0. The molecule has 18 heavy (non-hydrogen) atoms. The molecular formula is C12H20N6. The number of hydrogen-bond donors (Lipinski definition) is 1. The fourth-order valence-corrected chi connectivity index (χ4v) is 1.92. The van der Waals surface area contributed by atoms with E-state index in [2.05, 4.69) is 34.6 Å². The molecule has 6 heteroatoms. The monoisotopic (exact) mass is 248 g/mol. The third kappa shape index (κ3) is 2.59. The summed E-state index contributed by atoms with van der Waals surface area (Å²) in [6.45, 7) is 6.02. The maximum absolute atomic E-state index is 4.43. The van der Waals surface area contributed by atoms with Crippen LogP contribution in [-0.2, 0) is 20.0 Å². The Kier molecular flexibility index (Phi) is 4.09. The summed E-state index contributed by atoms with van der Waals surface area (Å²) >= 11 is 0. The number of hydrogen-bond acceptors (Lipinski definition) is 4. The van der Waals surface area contributed by atoms with Crippen LogP contribution >= 0.6 is 0 Å². The van der Waals surface area contributed by atoms with Gasteiger partial charge in [0.15, 0.2) is 0 Å². The summed E-state index contributed by atoms with van der Waals surface area (Å²) in [6, 6.07) is 0. The van der Waals surface area contributed by atoms with Crippen LogP contribution in [0.4, 0.5) is 0 Å². The van der Waals surface area contributed by atoms with E-state index in [-0.39, 0.29) is 0 Å². The molecule has 0 aromatic carbocycles. The Morgan fingerprint density at radius 3 is 2.89 bits per heavy atom. The smallest absolute Gasteiger partial charge is 0.108 e. The summed E-state index contributed by atoms with van der Waals surface area (Å²) < 4.78 is 3.69. The lowest BCUT2D eigenvalue weighted by atomic mass is 10.3. The summed E-state index contributed by atoms with van der Waals surface area (Å²) in [7, 11) is 1.93. The van der Waals surface area contributed by atoms with Crippen LogP contribution in [-0.4, -0.2) is 31.3 Å². The predicted octanol–water partition coefficient (Wildman–Crippen LogP) is 1.06. The molecule has 2 heterocycles. The third-order valence-corrected chi connectivity index (χ3v) is 2.80. The van der Waals surface area contributed by atoms with Crippen molar-refractivity contribution in [2.75, 3.05) is 6.54 Å². The highest BCUT2D eigenvalue weighted by Crippen LogP contribution is 2.14. The number of aromatic nitrogens is 5. The first kappa shape index (κ1) is 12.8. The van der Waals surface area contributed by atoms with E-state index in [1.807, 2.05) is 22.6 Å². The van der Waals surface area contributed by atoms with Gasteiger partial charge in [0.25, 0.3) is 0 Å². The highest BCUT2D eigenvalue weighted by Gasteiger charge is 2.12. The van der Waals surface area contributed by atoms with Crippen LogP contribution in [0.25, 0.3) is 5.69 Å². The largest absolute Gasteiger partial charge is 0.311 e. The molecule has 2 rings (SSSR count). The minimum Gasteiger partial charge on any atom is -0.311 e. The maximum atomic E-state index is 4.43. The Balaban J connectivity index is 2.24. The van der Waals surface area contributed by atoms with Gasteiger partial charge in [0.2, 0.25) is 0 Å². The first-order valence-electron chi connectivity index (χ1n) is 6.39. The minimum atomic E-state index is 0.777. The van der Waals surface area contributed by atoms with Crippen LogP contribution in [0.15, 0.2) is 12.4 Å². The summed E-state index contributed by atoms with van der Waals surface area (Å²) in [5.74, 6) is 0. The second-order valence-electron chi connectivity index (χ2n) is 4.30.